The van der Waals surface area contributed by atoms with Gasteiger partial charge >= 0.3 is 0 Å². The Bertz CT molecular complexity index is 727. The van der Waals surface area contributed by atoms with Crippen LogP contribution in [0.3, 0.4) is 0 Å². The summed E-state index contributed by atoms with van der Waals surface area (Å²) in [6.45, 7) is -0.184. The second-order valence-corrected chi connectivity index (χ2v) is 6.26. The molecule has 0 aliphatic carbocycles. The van der Waals surface area contributed by atoms with Crippen molar-refractivity contribution in [2.24, 2.45) is 0 Å². The predicted molar refractivity (Wildman–Crippen MR) is 70.2 cm³/mol. The lowest BCUT2D eigenvalue weighted by Gasteiger charge is -2.08. The van der Waals surface area contributed by atoms with Gasteiger partial charge in [0, 0.05) is 11.8 Å². The van der Waals surface area contributed by atoms with Gasteiger partial charge in [-0.2, -0.15) is 0 Å². The third kappa shape index (κ3) is 3.33. The van der Waals surface area contributed by atoms with Crippen LogP contribution in [0.25, 0.3) is 0 Å². The largest absolute Gasteiger partial charge is 0.489 e. The molecule has 0 aromatic heterocycles. The normalized spacial score (nSPS) is 11.3. The minimum atomic E-state index is -3.34. The van der Waals surface area contributed by atoms with Gasteiger partial charge in [-0.05, 0) is 24.3 Å². The number of hydrogen-bond donors (Lipinski definition) is 0. The first-order valence-corrected chi connectivity index (χ1v) is 7.63. The molecule has 2 aromatic rings. The van der Waals surface area contributed by atoms with Crippen molar-refractivity contribution in [3.8, 4) is 5.75 Å². The highest BCUT2D eigenvalue weighted by Crippen LogP contribution is 2.19. The van der Waals surface area contributed by atoms with Crippen molar-refractivity contribution in [2.45, 2.75) is 11.5 Å². The first-order valence-electron chi connectivity index (χ1n) is 5.74. The van der Waals surface area contributed by atoms with Crippen LogP contribution in [-0.2, 0) is 16.4 Å². The number of rotatable bonds is 4. The molecule has 0 heterocycles. The SMILES string of the molecule is CS(=O)(=O)c1cccc(OCc2cccc(F)c2F)c1. The molecule has 0 amide bonds. The molecular formula is C14H12F2O3S. The van der Waals surface area contributed by atoms with E-state index in [2.05, 4.69) is 0 Å². The molecule has 0 saturated carbocycles. The Balaban J connectivity index is 2.18. The lowest BCUT2D eigenvalue weighted by atomic mass is 10.2. The maximum atomic E-state index is 13.4. The standard InChI is InChI=1S/C14H12F2O3S/c1-20(17,18)12-6-3-5-11(8-12)19-9-10-4-2-7-13(15)14(10)16/h2-8H,9H2,1H3. The van der Waals surface area contributed by atoms with Gasteiger partial charge in [0.05, 0.1) is 4.90 Å². The van der Waals surface area contributed by atoms with E-state index in [0.29, 0.717) is 0 Å². The zero-order chi connectivity index (χ0) is 14.8. The van der Waals surface area contributed by atoms with E-state index in [9.17, 15) is 17.2 Å². The van der Waals surface area contributed by atoms with E-state index in [1.165, 1.54) is 30.3 Å². The molecule has 0 radical (unpaired) electrons. The molecule has 0 N–H and O–H groups in total. The van der Waals surface area contributed by atoms with Crippen LogP contribution in [0.2, 0.25) is 0 Å². The molecule has 0 aliphatic rings. The summed E-state index contributed by atoms with van der Waals surface area (Å²) >= 11 is 0. The molecule has 0 atom stereocenters. The predicted octanol–water partition coefficient (Wildman–Crippen LogP) is 2.95. The van der Waals surface area contributed by atoms with Crippen molar-refractivity contribution in [1.82, 2.24) is 0 Å². The van der Waals surface area contributed by atoms with Crippen LogP contribution in [0.4, 0.5) is 8.78 Å². The highest BCUT2D eigenvalue weighted by Gasteiger charge is 2.10. The third-order valence-electron chi connectivity index (χ3n) is 2.66. The number of hydrogen-bond acceptors (Lipinski definition) is 3. The average molecular weight is 298 g/mol. The fraction of sp³-hybridized carbons (Fsp3) is 0.143. The average Bonchev–Trinajstić information content (AvgIpc) is 2.40. The summed E-state index contributed by atoms with van der Waals surface area (Å²) in [4.78, 5) is 0.106. The minimum Gasteiger partial charge on any atom is -0.489 e. The summed E-state index contributed by atoms with van der Waals surface area (Å²) in [5.74, 6) is -1.64. The highest BCUT2D eigenvalue weighted by molar-refractivity contribution is 7.90. The van der Waals surface area contributed by atoms with Crippen LogP contribution in [-0.4, -0.2) is 14.7 Å². The van der Waals surface area contributed by atoms with Crippen molar-refractivity contribution in [2.75, 3.05) is 6.26 Å². The van der Waals surface area contributed by atoms with Crippen molar-refractivity contribution >= 4 is 9.84 Å². The number of benzene rings is 2. The summed E-state index contributed by atoms with van der Waals surface area (Å²) in [5.41, 5.74) is 0.0646. The van der Waals surface area contributed by atoms with Crippen molar-refractivity contribution in [3.05, 3.63) is 59.7 Å². The van der Waals surface area contributed by atoms with Crippen LogP contribution in [0.15, 0.2) is 47.4 Å². The first-order chi connectivity index (χ1) is 9.38. The zero-order valence-electron chi connectivity index (χ0n) is 10.6. The molecule has 0 aliphatic heterocycles. The first kappa shape index (κ1) is 14.5. The van der Waals surface area contributed by atoms with Gasteiger partial charge in [-0.25, -0.2) is 17.2 Å². The van der Waals surface area contributed by atoms with E-state index in [1.807, 2.05) is 0 Å². The molecule has 0 bridgehead atoms. The van der Waals surface area contributed by atoms with E-state index in [-0.39, 0.29) is 22.8 Å². The van der Waals surface area contributed by atoms with Gasteiger partial charge in [-0.3, -0.25) is 0 Å². The van der Waals surface area contributed by atoms with Gasteiger partial charge in [0.25, 0.3) is 0 Å². The topological polar surface area (TPSA) is 43.4 Å². The highest BCUT2D eigenvalue weighted by atomic mass is 32.2. The Morgan fingerprint density at radius 2 is 1.80 bits per heavy atom. The van der Waals surface area contributed by atoms with Crippen LogP contribution in [0.1, 0.15) is 5.56 Å². The molecule has 0 unspecified atom stereocenters. The lowest BCUT2D eigenvalue weighted by Crippen LogP contribution is -2.02. The van der Waals surface area contributed by atoms with Gasteiger partial charge in [0.2, 0.25) is 0 Å². The second-order valence-electron chi connectivity index (χ2n) is 4.25. The van der Waals surface area contributed by atoms with E-state index in [0.717, 1.165) is 12.3 Å². The van der Waals surface area contributed by atoms with E-state index in [4.69, 9.17) is 4.74 Å². The fourth-order valence-electron chi connectivity index (χ4n) is 1.62. The molecule has 6 heteroatoms. The quantitative estimate of drug-likeness (QED) is 0.871. The molecule has 0 fully saturated rings. The Morgan fingerprint density at radius 3 is 2.50 bits per heavy atom. The number of halogens is 2. The molecule has 2 aromatic carbocycles. The summed E-state index contributed by atoms with van der Waals surface area (Å²) in [7, 11) is -3.34. The minimum absolute atomic E-state index is 0.0646. The van der Waals surface area contributed by atoms with Crippen molar-refractivity contribution in [3.63, 3.8) is 0 Å². The summed E-state index contributed by atoms with van der Waals surface area (Å²) < 4.78 is 54.5. The molecule has 106 valence electrons. The summed E-state index contributed by atoms with van der Waals surface area (Å²) in [5, 5.41) is 0. The lowest BCUT2D eigenvalue weighted by molar-refractivity contribution is 0.296. The van der Waals surface area contributed by atoms with Crippen LogP contribution >= 0.6 is 0 Å². The molecule has 20 heavy (non-hydrogen) atoms. The van der Waals surface area contributed by atoms with Gasteiger partial charge in [0.15, 0.2) is 21.5 Å². The van der Waals surface area contributed by atoms with Gasteiger partial charge in [-0.15, -0.1) is 0 Å². The van der Waals surface area contributed by atoms with E-state index < -0.39 is 21.5 Å². The molecular weight excluding hydrogens is 286 g/mol. The van der Waals surface area contributed by atoms with Crippen molar-refractivity contribution < 1.29 is 21.9 Å². The molecule has 0 saturated heterocycles. The van der Waals surface area contributed by atoms with Gasteiger partial charge < -0.3 is 4.74 Å². The zero-order valence-corrected chi connectivity index (χ0v) is 11.5. The summed E-state index contributed by atoms with van der Waals surface area (Å²) in [6, 6.07) is 9.64. The number of sulfone groups is 1. The maximum Gasteiger partial charge on any atom is 0.175 e. The van der Waals surface area contributed by atoms with E-state index >= 15 is 0 Å². The van der Waals surface area contributed by atoms with Gasteiger partial charge in [-0.1, -0.05) is 18.2 Å². The Morgan fingerprint density at radius 1 is 1.10 bits per heavy atom. The molecule has 2 rings (SSSR count). The third-order valence-corrected chi connectivity index (χ3v) is 3.77. The second kappa shape index (κ2) is 5.58. The van der Waals surface area contributed by atoms with Crippen LogP contribution in [0.5, 0.6) is 5.75 Å². The maximum absolute atomic E-state index is 13.4. The van der Waals surface area contributed by atoms with Crippen LogP contribution < -0.4 is 4.74 Å². The number of ether oxygens (including phenoxy) is 1. The Labute approximate surface area is 115 Å². The Kier molecular flexibility index (Phi) is 4.04. The fourth-order valence-corrected chi connectivity index (χ4v) is 2.27. The Hall–Kier alpha value is -1.95. The van der Waals surface area contributed by atoms with E-state index in [1.54, 1.807) is 6.07 Å². The van der Waals surface area contributed by atoms with Gasteiger partial charge in [0.1, 0.15) is 12.4 Å². The smallest absolute Gasteiger partial charge is 0.175 e. The van der Waals surface area contributed by atoms with Crippen LogP contribution in [0, 0.1) is 11.6 Å². The molecule has 3 nitrogen and oxygen atoms in total. The molecule has 0 spiro atoms. The van der Waals surface area contributed by atoms with Crippen molar-refractivity contribution in [1.29, 1.82) is 0 Å². The monoisotopic (exact) mass is 298 g/mol. The summed E-state index contributed by atoms with van der Waals surface area (Å²) in [6.07, 6.45) is 1.08.